The summed E-state index contributed by atoms with van der Waals surface area (Å²) in [5, 5.41) is 11.2. The quantitative estimate of drug-likeness (QED) is 0.766. The first-order chi connectivity index (χ1) is 12.7. The molecule has 1 aliphatic carbocycles. The van der Waals surface area contributed by atoms with Gasteiger partial charge in [0.05, 0.1) is 18.7 Å². The number of pyridine rings is 1. The van der Waals surface area contributed by atoms with Crippen LogP contribution in [0.2, 0.25) is 0 Å². The Bertz CT molecular complexity index is 906. The van der Waals surface area contributed by atoms with Crippen molar-refractivity contribution in [1.82, 2.24) is 29.5 Å². The molecule has 3 aromatic rings. The maximum atomic E-state index is 12.4. The monoisotopic (exact) mass is 352 g/mol. The molecular weight excluding hydrogens is 328 g/mol. The molecule has 0 unspecified atom stereocenters. The lowest BCUT2D eigenvalue weighted by atomic mass is 9.95. The van der Waals surface area contributed by atoms with Crippen LogP contribution < -0.4 is 5.32 Å². The van der Waals surface area contributed by atoms with Crippen molar-refractivity contribution in [2.24, 2.45) is 0 Å². The molecule has 1 N–H and O–H groups in total. The summed E-state index contributed by atoms with van der Waals surface area (Å²) in [5.74, 6) is 0.797. The van der Waals surface area contributed by atoms with E-state index < -0.39 is 0 Å². The molecule has 26 heavy (non-hydrogen) atoms. The zero-order chi connectivity index (χ0) is 17.9. The first kappa shape index (κ1) is 16.8. The Hall–Kier alpha value is -2.70. The van der Waals surface area contributed by atoms with Crippen molar-refractivity contribution >= 4 is 11.6 Å². The standard InChI is InChI=1S/C19H24N6O/c1-14-6-5-9-24-16(11-21-19(14)24)10-18(26)20-12-17-23-22-13-25(17)15-7-3-2-4-8-15/h5-6,9,11,13,15H,2-4,7-8,10,12H2,1H3,(H,20,26). The van der Waals surface area contributed by atoms with Gasteiger partial charge in [-0.25, -0.2) is 4.98 Å². The number of carbonyl (C=O) groups excluding carboxylic acids is 1. The first-order valence-electron chi connectivity index (χ1n) is 9.29. The van der Waals surface area contributed by atoms with Gasteiger partial charge in [0.15, 0.2) is 5.82 Å². The van der Waals surface area contributed by atoms with Gasteiger partial charge in [-0.05, 0) is 31.4 Å². The van der Waals surface area contributed by atoms with Gasteiger partial charge in [0.1, 0.15) is 12.0 Å². The predicted molar refractivity (Wildman–Crippen MR) is 97.6 cm³/mol. The van der Waals surface area contributed by atoms with Gasteiger partial charge in [-0.15, -0.1) is 10.2 Å². The van der Waals surface area contributed by atoms with E-state index in [2.05, 4.69) is 25.1 Å². The smallest absolute Gasteiger partial charge is 0.226 e. The predicted octanol–water partition coefficient (Wildman–Crippen LogP) is 2.60. The Labute approximate surface area is 152 Å². The Morgan fingerprint density at radius 3 is 3.00 bits per heavy atom. The second kappa shape index (κ2) is 7.27. The molecule has 1 saturated carbocycles. The van der Waals surface area contributed by atoms with Crippen molar-refractivity contribution in [3.63, 3.8) is 0 Å². The zero-order valence-corrected chi connectivity index (χ0v) is 15.1. The van der Waals surface area contributed by atoms with Crippen molar-refractivity contribution < 1.29 is 4.79 Å². The number of carbonyl (C=O) groups is 1. The molecule has 0 atom stereocenters. The number of aromatic nitrogens is 5. The number of rotatable bonds is 5. The van der Waals surface area contributed by atoms with Crippen LogP contribution in [0.3, 0.4) is 0 Å². The van der Waals surface area contributed by atoms with Crippen molar-refractivity contribution in [3.05, 3.63) is 47.9 Å². The first-order valence-corrected chi connectivity index (χ1v) is 9.29. The van der Waals surface area contributed by atoms with Gasteiger partial charge in [0, 0.05) is 18.4 Å². The summed E-state index contributed by atoms with van der Waals surface area (Å²) in [4.78, 5) is 16.8. The van der Waals surface area contributed by atoms with Gasteiger partial charge in [-0.2, -0.15) is 0 Å². The average Bonchev–Trinajstić information content (AvgIpc) is 3.29. The van der Waals surface area contributed by atoms with Gasteiger partial charge in [0.25, 0.3) is 0 Å². The summed E-state index contributed by atoms with van der Waals surface area (Å²) in [7, 11) is 0. The Morgan fingerprint density at radius 1 is 1.31 bits per heavy atom. The minimum Gasteiger partial charge on any atom is -0.348 e. The fraction of sp³-hybridized carbons (Fsp3) is 0.474. The Balaban J connectivity index is 1.40. The van der Waals surface area contributed by atoms with E-state index in [1.54, 1.807) is 12.5 Å². The SMILES string of the molecule is Cc1cccn2c(CC(=O)NCc3nncn3C3CCCCC3)cnc12. The van der Waals surface area contributed by atoms with Gasteiger partial charge in [-0.1, -0.05) is 25.3 Å². The summed E-state index contributed by atoms with van der Waals surface area (Å²) >= 11 is 0. The van der Waals surface area contributed by atoms with E-state index in [4.69, 9.17) is 0 Å². The van der Waals surface area contributed by atoms with Gasteiger partial charge >= 0.3 is 0 Å². The largest absolute Gasteiger partial charge is 0.348 e. The third-order valence-electron chi connectivity index (χ3n) is 5.21. The highest BCUT2D eigenvalue weighted by Crippen LogP contribution is 2.28. The van der Waals surface area contributed by atoms with Gasteiger partial charge < -0.3 is 14.3 Å². The molecule has 136 valence electrons. The van der Waals surface area contributed by atoms with Crippen LogP contribution in [0.4, 0.5) is 0 Å². The molecule has 1 aliphatic rings. The van der Waals surface area contributed by atoms with Crippen LogP contribution in [-0.2, 0) is 17.8 Å². The molecular formula is C19H24N6O. The lowest BCUT2D eigenvalue weighted by molar-refractivity contribution is -0.120. The second-order valence-corrected chi connectivity index (χ2v) is 7.03. The lowest BCUT2D eigenvalue weighted by Gasteiger charge is -2.24. The lowest BCUT2D eigenvalue weighted by Crippen LogP contribution is -2.27. The summed E-state index contributed by atoms with van der Waals surface area (Å²) < 4.78 is 4.11. The number of fused-ring (bicyclic) bond motifs is 1. The molecule has 0 bridgehead atoms. The highest BCUT2D eigenvalue weighted by atomic mass is 16.1. The van der Waals surface area contributed by atoms with Crippen LogP contribution >= 0.6 is 0 Å². The molecule has 7 nitrogen and oxygen atoms in total. The number of hydrogen-bond donors (Lipinski definition) is 1. The number of imidazole rings is 1. The summed E-state index contributed by atoms with van der Waals surface area (Å²) in [5.41, 5.74) is 2.88. The molecule has 3 heterocycles. The molecule has 0 aromatic carbocycles. The molecule has 3 aromatic heterocycles. The van der Waals surface area contributed by atoms with E-state index in [0.29, 0.717) is 19.0 Å². The molecule has 0 aliphatic heterocycles. The molecule has 0 saturated heterocycles. The summed E-state index contributed by atoms with van der Waals surface area (Å²) in [6.07, 6.45) is 11.9. The van der Waals surface area contributed by atoms with E-state index >= 15 is 0 Å². The highest BCUT2D eigenvalue weighted by molar-refractivity contribution is 5.78. The Morgan fingerprint density at radius 2 is 2.15 bits per heavy atom. The van der Waals surface area contributed by atoms with E-state index in [9.17, 15) is 4.79 Å². The fourth-order valence-corrected chi connectivity index (χ4v) is 3.79. The maximum absolute atomic E-state index is 12.4. The van der Waals surface area contributed by atoms with Crippen molar-refractivity contribution in [1.29, 1.82) is 0 Å². The molecule has 1 amide bonds. The molecule has 7 heteroatoms. The van der Waals surface area contributed by atoms with Gasteiger partial charge in [0.2, 0.25) is 5.91 Å². The fourth-order valence-electron chi connectivity index (χ4n) is 3.79. The third kappa shape index (κ3) is 3.34. The van der Waals surface area contributed by atoms with Crippen molar-refractivity contribution in [3.8, 4) is 0 Å². The van der Waals surface area contributed by atoms with Crippen LogP contribution in [0.15, 0.2) is 30.9 Å². The Kier molecular flexibility index (Phi) is 4.69. The third-order valence-corrected chi connectivity index (χ3v) is 5.21. The highest BCUT2D eigenvalue weighted by Gasteiger charge is 2.19. The molecule has 4 rings (SSSR count). The van der Waals surface area contributed by atoms with E-state index in [1.807, 2.05) is 29.7 Å². The maximum Gasteiger partial charge on any atom is 0.226 e. The molecule has 0 radical (unpaired) electrons. The molecule has 1 fully saturated rings. The summed E-state index contributed by atoms with van der Waals surface area (Å²) in [6.45, 7) is 2.43. The van der Waals surface area contributed by atoms with Crippen molar-refractivity contribution in [2.75, 3.05) is 0 Å². The number of nitrogens with one attached hydrogen (secondary N) is 1. The minimum atomic E-state index is -0.0356. The normalized spacial score (nSPS) is 15.4. The van der Waals surface area contributed by atoms with E-state index in [-0.39, 0.29) is 5.91 Å². The van der Waals surface area contributed by atoms with Crippen LogP contribution in [-0.4, -0.2) is 30.1 Å². The number of amides is 1. The zero-order valence-electron chi connectivity index (χ0n) is 15.1. The second-order valence-electron chi connectivity index (χ2n) is 7.03. The number of aryl methyl sites for hydroxylation is 1. The minimum absolute atomic E-state index is 0.0356. The number of hydrogen-bond acceptors (Lipinski definition) is 4. The van der Waals surface area contributed by atoms with Crippen LogP contribution in [0.5, 0.6) is 0 Å². The van der Waals surface area contributed by atoms with E-state index in [1.165, 1.54) is 32.1 Å². The summed E-state index contributed by atoms with van der Waals surface area (Å²) in [6, 6.07) is 4.45. The molecule has 0 spiro atoms. The van der Waals surface area contributed by atoms with Crippen LogP contribution in [0.1, 0.15) is 55.2 Å². The van der Waals surface area contributed by atoms with Crippen molar-refractivity contribution in [2.45, 2.75) is 58.0 Å². The average molecular weight is 352 g/mol. The topological polar surface area (TPSA) is 77.1 Å². The van der Waals surface area contributed by atoms with Gasteiger partial charge in [-0.3, -0.25) is 4.79 Å². The van der Waals surface area contributed by atoms with E-state index in [0.717, 1.165) is 22.7 Å². The van der Waals surface area contributed by atoms with Crippen LogP contribution in [0.25, 0.3) is 5.65 Å². The number of nitrogens with zero attached hydrogens (tertiary/aromatic N) is 5. The van der Waals surface area contributed by atoms with Crippen LogP contribution in [0, 0.1) is 6.92 Å².